The van der Waals surface area contributed by atoms with Crippen molar-refractivity contribution in [1.29, 1.82) is 0 Å². The summed E-state index contributed by atoms with van der Waals surface area (Å²) < 4.78 is 0. The summed E-state index contributed by atoms with van der Waals surface area (Å²) in [6.45, 7) is 31.7. The van der Waals surface area contributed by atoms with Crippen LogP contribution in [0.5, 0.6) is 0 Å². The molecule has 11 rings (SSSR count). The predicted octanol–water partition coefficient (Wildman–Crippen LogP) is 21.4. The van der Waals surface area contributed by atoms with Gasteiger partial charge in [0, 0.05) is 10.8 Å². The molecule has 0 N–H and O–H groups in total. The average Bonchev–Trinajstić information content (AvgIpc) is 3.80. The molecule has 3 aliphatic carbocycles. The van der Waals surface area contributed by atoms with Gasteiger partial charge in [0.15, 0.2) is 0 Å². The van der Waals surface area contributed by atoms with E-state index < -0.39 is 0 Å². The van der Waals surface area contributed by atoms with Crippen molar-refractivity contribution in [3.63, 3.8) is 0 Å². The zero-order valence-corrected chi connectivity index (χ0v) is 48.1. The second kappa shape index (κ2) is 23.0. The van der Waals surface area contributed by atoms with Gasteiger partial charge in [-0.05, 0) is 175 Å². The summed E-state index contributed by atoms with van der Waals surface area (Å²) in [6.07, 6.45) is 9.41. The molecule has 384 valence electrons. The van der Waals surface area contributed by atoms with Crippen LogP contribution in [0.4, 0.5) is 0 Å². The van der Waals surface area contributed by atoms with E-state index in [1.807, 2.05) is 0 Å². The van der Waals surface area contributed by atoms with Crippen LogP contribution < -0.4 is 0 Å². The molecule has 0 fully saturated rings. The summed E-state index contributed by atoms with van der Waals surface area (Å²) in [7, 11) is 0. The Morgan fingerprint density at radius 2 is 1.01 bits per heavy atom. The molecule has 0 bridgehead atoms. The Morgan fingerprint density at radius 1 is 0.453 bits per heavy atom. The molecule has 75 heavy (non-hydrogen) atoms. The minimum absolute atomic E-state index is 0.0831. The van der Waals surface area contributed by atoms with E-state index in [1.54, 1.807) is 5.57 Å². The lowest BCUT2D eigenvalue weighted by Gasteiger charge is -2.27. The fourth-order valence-electron chi connectivity index (χ4n) is 12.0. The monoisotopic (exact) mass is 985 g/mol. The maximum Gasteiger partial charge on any atom is 0.0158 e. The first-order valence-electron chi connectivity index (χ1n) is 28.2. The van der Waals surface area contributed by atoms with Gasteiger partial charge in [0.2, 0.25) is 0 Å². The van der Waals surface area contributed by atoms with E-state index in [-0.39, 0.29) is 16.2 Å². The third kappa shape index (κ3) is 11.3. The molecular formula is C75H84. The standard InChI is InChI=1S/C32H34.C24H26.C16H16.C3H8/c1-21-9-7-8-10-26(21)24-14-18-29-28(19-24)27-17-13-23(20-30(27)32(29,5)6)22-11-15-25(16-12-22)31(2,3)4;1-4-9-19-14-16-21(17-15-19)22-12-8-13-23(18(22)3)24-11-7-6-10-20(24)5-2;1-11-7-6-10-14-15(11)12-8-4-5-9-13(12)16(14,2)3;1-3-2/h7-13,15-17,19-20H,14,18H2,1-6H3;6-8,10-17H,4-5,9H2,1-3H3;4-10H,1-3H3;3H2,1-2H3. The van der Waals surface area contributed by atoms with Crippen molar-refractivity contribution < 1.29 is 0 Å². The lowest BCUT2D eigenvalue weighted by atomic mass is 9.76. The molecule has 0 aliphatic heterocycles. The molecule has 0 radical (unpaired) electrons. The van der Waals surface area contributed by atoms with Crippen LogP contribution in [0.2, 0.25) is 0 Å². The first-order chi connectivity index (χ1) is 35.9. The highest BCUT2D eigenvalue weighted by molar-refractivity contribution is 5.94. The maximum absolute atomic E-state index is 2.48. The van der Waals surface area contributed by atoms with Crippen molar-refractivity contribution in [3.8, 4) is 44.5 Å². The van der Waals surface area contributed by atoms with Gasteiger partial charge in [-0.25, -0.2) is 0 Å². The Balaban J connectivity index is 0.000000153. The Hall–Kier alpha value is -6.76. The zero-order valence-electron chi connectivity index (χ0n) is 48.1. The highest BCUT2D eigenvalue weighted by atomic mass is 14.4. The first-order valence-corrected chi connectivity index (χ1v) is 28.2. The summed E-state index contributed by atoms with van der Waals surface area (Å²) in [4.78, 5) is 0. The maximum atomic E-state index is 2.48. The number of benzene rings is 8. The second-order valence-electron chi connectivity index (χ2n) is 23.4. The Bertz CT molecular complexity index is 3330. The molecule has 0 unspecified atom stereocenters. The summed E-state index contributed by atoms with van der Waals surface area (Å²) >= 11 is 0. The van der Waals surface area contributed by atoms with E-state index in [4.69, 9.17) is 0 Å². The third-order valence-corrected chi connectivity index (χ3v) is 16.2. The second-order valence-corrected chi connectivity index (χ2v) is 23.4. The molecule has 0 saturated heterocycles. The van der Waals surface area contributed by atoms with Gasteiger partial charge >= 0.3 is 0 Å². The Kier molecular flexibility index (Phi) is 16.7. The van der Waals surface area contributed by atoms with Crippen molar-refractivity contribution in [2.75, 3.05) is 0 Å². The van der Waals surface area contributed by atoms with Crippen molar-refractivity contribution in [2.45, 2.75) is 152 Å². The molecule has 0 aromatic heterocycles. The predicted molar refractivity (Wildman–Crippen MR) is 329 cm³/mol. The smallest absolute Gasteiger partial charge is 0.0158 e. The van der Waals surface area contributed by atoms with Crippen LogP contribution in [-0.4, -0.2) is 0 Å². The van der Waals surface area contributed by atoms with E-state index >= 15 is 0 Å². The van der Waals surface area contributed by atoms with Crippen LogP contribution in [0.3, 0.4) is 0 Å². The zero-order chi connectivity index (χ0) is 53.7. The molecule has 8 aromatic carbocycles. The lowest BCUT2D eigenvalue weighted by molar-refractivity contribution is 0.590. The summed E-state index contributed by atoms with van der Waals surface area (Å²) in [5.41, 5.74) is 31.4. The van der Waals surface area contributed by atoms with Crippen LogP contribution in [0.1, 0.15) is 163 Å². The molecule has 0 spiro atoms. The van der Waals surface area contributed by atoms with Gasteiger partial charge in [0.25, 0.3) is 0 Å². The van der Waals surface area contributed by atoms with Gasteiger partial charge in [-0.15, -0.1) is 0 Å². The fraction of sp³-hybridized carbons (Fsp3) is 0.307. The van der Waals surface area contributed by atoms with Crippen LogP contribution in [-0.2, 0) is 29.1 Å². The lowest BCUT2D eigenvalue weighted by Crippen LogP contribution is -2.18. The summed E-state index contributed by atoms with van der Waals surface area (Å²) in [5.74, 6) is 0. The number of rotatable bonds is 7. The van der Waals surface area contributed by atoms with Gasteiger partial charge in [0.05, 0.1) is 0 Å². The molecule has 8 aromatic rings. The molecule has 0 saturated carbocycles. The van der Waals surface area contributed by atoms with Crippen LogP contribution in [0, 0.1) is 20.8 Å². The van der Waals surface area contributed by atoms with E-state index in [9.17, 15) is 0 Å². The van der Waals surface area contributed by atoms with Gasteiger partial charge in [-0.2, -0.15) is 0 Å². The van der Waals surface area contributed by atoms with Crippen LogP contribution >= 0.6 is 0 Å². The third-order valence-electron chi connectivity index (χ3n) is 16.2. The highest BCUT2D eigenvalue weighted by Gasteiger charge is 2.39. The molecule has 0 heterocycles. The number of allylic oxidation sites excluding steroid dienone is 4. The molecule has 3 aliphatic rings. The van der Waals surface area contributed by atoms with E-state index in [2.05, 4.69) is 279 Å². The minimum Gasteiger partial charge on any atom is -0.0656 e. The molecule has 0 heteroatoms. The summed E-state index contributed by atoms with van der Waals surface area (Å²) in [5, 5.41) is 0. The van der Waals surface area contributed by atoms with Crippen LogP contribution in [0.25, 0.3) is 55.7 Å². The van der Waals surface area contributed by atoms with Crippen molar-refractivity contribution in [1.82, 2.24) is 0 Å². The minimum atomic E-state index is 0.0831. The normalized spacial score (nSPS) is 14.3. The fourth-order valence-corrected chi connectivity index (χ4v) is 12.0. The number of fused-ring (bicyclic) bond motifs is 5. The van der Waals surface area contributed by atoms with E-state index in [1.165, 1.54) is 130 Å². The Labute approximate surface area is 453 Å². The van der Waals surface area contributed by atoms with E-state index in [0.717, 1.165) is 25.7 Å². The van der Waals surface area contributed by atoms with Crippen molar-refractivity contribution in [2.24, 2.45) is 0 Å². The van der Waals surface area contributed by atoms with Gasteiger partial charge < -0.3 is 0 Å². The van der Waals surface area contributed by atoms with Crippen LogP contribution in [0.15, 0.2) is 188 Å². The average molecular weight is 985 g/mol. The largest absolute Gasteiger partial charge is 0.0656 e. The number of hydrogen-bond donors (Lipinski definition) is 0. The number of hydrogen-bond acceptors (Lipinski definition) is 0. The topological polar surface area (TPSA) is 0 Å². The van der Waals surface area contributed by atoms with Crippen molar-refractivity contribution >= 4 is 11.1 Å². The van der Waals surface area contributed by atoms with Gasteiger partial charge in [0.1, 0.15) is 0 Å². The molecule has 0 nitrogen and oxygen atoms in total. The van der Waals surface area contributed by atoms with Crippen molar-refractivity contribution in [3.05, 3.63) is 249 Å². The number of aryl methyl sites for hydroxylation is 4. The first kappa shape index (κ1) is 54.5. The van der Waals surface area contributed by atoms with Gasteiger partial charge in [-0.1, -0.05) is 271 Å². The molecule has 0 amide bonds. The molecular weight excluding hydrogens is 901 g/mol. The molecule has 0 atom stereocenters. The summed E-state index contributed by atoms with van der Waals surface area (Å²) in [6, 6.07) is 65.0. The highest BCUT2D eigenvalue weighted by Crippen LogP contribution is 2.53. The van der Waals surface area contributed by atoms with E-state index in [0.29, 0.717) is 0 Å². The quantitative estimate of drug-likeness (QED) is 0.149. The Morgan fingerprint density at radius 3 is 1.68 bits per heavy atom. The SMILES string of the molecule is CCC.CCCc1ccc(-c2cccc(-c3ccccc3CC)c2C)cc1.Cc1cccc2c1-c1ccccc1C2(C)C.Cc1ccccc1C1=CC2=C(CC1)C(C)(C)c1cc(-c3ccc(C(C)(C)C)cc3)ccc12. The van der Waals surface area contributed by atoms with Gasteiger partial charge in [-0.3, -0.25) is 0 Å².